The molecule has 0 radical (unpaired) electrons. The Morgan fingerprint density at radius 3 is 2.33 bits per heavy atom. The highest BCUT2D eigenvalue weighted by atomic mass is 16.3. The van der Waals surface area contributed by atoms with Crippen LogP contribution >= 0.6 is 0 Å². The fraction of sp³-hybridized carbons (Fsp3) is 0.579. The van der Waals surface area contributed by atoms with Gasteiger partial charge in [-0.15, -0.1) is 0 Å². The first-order chi connectivity index (χ1) is 9.74. The van der Waals surface area contributed by atoms with Crippen molar-refractivity contribution in [3.8, 4) is 0 Å². The molecule has 116 valence electrons. The van der Waals surface area contributed by atoms with Crippen LogP contribution in [-0.2, 0) is 5.41 Å². The molecule has 2 heteroatoms. The Morgan fingerprint density at radius 2 is 1.81 bits per heavy atom. The lowest BCUT2D eigenvalue weighted by Gasteiger charge is -2.21. The third kappa shape index (κ3) is 3.32. The number of hydrogen-bond donors (Lipinski definition) is 1. The van der Waals surface area contributed by atoms with Gasteiger partial charge in [0.2, 0.25) is 0 Å². The van der Waals surface area contributed by atoms with Crippen molar-refractivity contribution in [3.05, 3.63) is 35.1 Å². The molecule has 2 nitrogen and oxygen atoms in total. The van der Waals surface area contributed by atoms with Gasteiger partial charge in [0, 0.05) is 10.9 Å². The van der Waals surface area contributed by atoms with Crippen LogP contribution in [0, 0.1) is 12.8 Å². The van der Waals surface area contributed by atoms with Gasteiger partial charge in [0.05, 0.1) is 6.04 Å². The van der Waals surface area contributed by atoms with Crippen LogP contribution in [0.5, 0.6) is 0 Å². The summed E-state index contributed by atoms with van der Waals surface area (Å²) >= 11 is 0. The maximum Gasteiger partial charge on any atom is 0.138 e. The van der Waals surface area contributed by atoms with Gasteiger partial charge in [0.15, 0.2) is 0 Å². The SMILES string of the molecule is CCNC(c1cc2cc(C)cc(C(C)(C)C)c2o1)C(C)C. The van der Waals surface area contributed by atoms with Crippen LogP contribution in [0.2, 0.25) is 0 Å². The standard InChI is InChI=1S/C19H29NO/c1-8-20-17(12(2)3)16-11-14-9-13(4)10-15(18(14)21-16)19(5,6)7/h9-12,17,20H,8H2,1-7H3. The Labute approximate surface area is 128 Å². The molecular formula is C19H29NO. The summed E-state index contributed by atoms with van der Waals surface area (Å²) in [5.74, 6) is 1.56. The van der Waals surface area contributed by atoms with Crippen LogP contribution in [0.15, 0.2) is 22.6 Å². The van der Waals surface area contributed by atoms with E-state index in [9.17, 15) is 0 Å². The van der Waals surface area contributed by atoms with E-state index in [2.05, 4.69) is 72.0 Å². The van der Waals surface area contributed by atoms with Gasteiger partial charge in [-0.3, -0.25) is 0 Å². The van der Waals surface area contributed by atoms with Crippen molar-refractivity contribution in [1.29, 1.82) is 0 Å². The van der Waals surface area contributed by atoms with Gasteiger partial charge < -0.3 is 9.73 Å². The number of furan rings is 1. The number of fused-ring (bicyclic) bond motifs is 1. The van der Waals surface area contributed by atoms with E-state index in [4.69, 9.17) is 4.42 Å². The van der Waals surface area contributed by atoms with E-state index in [-0.39, 0.29) is 11.5 Å². The number of benzene rings is 1. The summed E-state index contributed by atoms with van der Waals surface area (Å²) in [4.78, 5) is 0. The molecule has 0 saturated heterocycles. The highest BCUT2D eigenvalue weighted by Crippen LogP contribution is 2.35. The molecular weight excluding hydrogens is 258 g/mol. The third-order valence-electron chi connectivity index (χ3n) is 3.98. The van der Waals surface area contributed by atoms with Crippen molar-refractivity contribution in [1.82, 2.24) is 5.32 Å². The molecule has 0 fully saturated rings. The lowest BCUT2D eigenvalue weighted by molar-refractivity contribution is 0.355. The molecule has 0 aliphatic heterocycles. The van der Waals surface area contributed by atoms with E-state index in [0.717, 1.165) is 17.9 Å². The summed E-state index contributed by atoms with van der Waals surface area (Å²) in [7, 11) is 0. The second-order valence-corrected chi connectivity index (χ2v) is 7.41. The molecule has 1 aromatic carbocycles. The van der Waals surface area contributed by atoms with Gasteiger partial charge in [-0.1, -0.05) is 47.6 Å². The number of rotatable bonds is 4. The zero-order chi connectivity index (χ0) is 15.8. The van der Waals surface area contributed by atoms with E-state index < -0.39 is 0 Å². The van der Waals surface area contributed by atoms with Crippen molar-refractivity contribution in [3.63, 3.8) is 0 Å². The monoisotopic (exact) mass is 287 g/mol. The zero-order valence-electron chi connectivity index (χ0n) is 14.5. The van der Waals surface area contributed by atoms with Crippen LogP contribution in [0.4, 0.5) is 0 Å². The normalized spacial score (nSPS) is 14.1. The summed E-state index contributed by atoms with van der Waals surface area (Å²) in [6, 6.07) is 6.97. The minimum absolute atomic E-state index is 0.0882. The summed E-state index contributed by atoms with van der Waals surface area (Å²) in [6.07, 6.45) is 0. The van der Waals surface area contributed by atoms with Gasteiger partial charge >= 0.3 is 0 Å². The Kier molecular flexibility index (Phi) is 4.48. The van der Waals surface area contributed by atoms with Gasteiger partial charge in [0.1, 0.15) is 11.3 Å². The summed E-state index contributed by atoms with van der Waals surface area (Å²) in [5.41, 5.74) is 3.73. The van der Waals surface area contributed by atoms with Crippen LogP contribution < -0.4 is 5.32 Å². The van der Waals surface area contributed by atoms with E-state index >= 15 is 0 Å². The lowest BCUT2D eigenvalue weighted by Crippen LogP contribution is -2.24. The van der Waals surface area contributed by atoms with Crippen LogP contribution in [0.1, 0.15) is 64.5 Å². The van der Waals surface area contributed by atoms with Crippen LogP contribution in [0.3, 0.4) is 0 Å². The highest BCUT2D eigenvalue weighted by Gasteiger charge is 2.24. The molecule has 0 saturated carbocycles. The largest absolute Gasteiger partial charge is 0.459 e. The van der Waals surface area contributed by atoms with Gasteiger partial charge in [-0.2, -0.15) is 0 Å². The highest BCUT2D eigenvalue weighted by molar-refractivity contribution is 5.83. The van der Waals surface area contributed by atoms with Crippen LogP contribution in [-0.4, -0.2) is 6.54 Å². The fourth-order valence-corrected chi connectivity index (χ4v) is 2.92. The average Bonchev–Trinajstić information content (AvgIpc) is 2.76. The zero-order valence-corrected chi connectivity index (χ0v) is 14.5. The molecule has 2 rings (SSSR count). The first-order valence-electron chi connectivity index (χ1n) is 8.02. The molecule has 2 aromatic rings. The molecule has 0 spiro atoms. The minimum atomic E-state index is 0.0882. The molecule has 0 bridgehead atoms. The van der Waals surface area contributed by atoms with Crippen molar-refractivity contribution < 1.29 is 4.42 Å². The predicted molar refractivity (Wildman–Crippen MR) is 90.9 cm³/mol. The minimum Gasteiger partial charge on any atom is -0.459 e. The van der Waals surface area contributed by atoms with Gasteiger partial charge in [-0.05, 0) is 42.5 Å². The van der Waals surface area contributed by atoms with Crippen molar-refractivity contribution in [2.75, 3.05) is 6.54 Å². The maximum atomic E-state index is 6.29. The van der Waals surface area contributed by atoms with E-state index in [1.165, 1.54) is 16.5 Å². The number of hydrogen-bond acceptors (Lipinski definition) is 2. The molecule has 0 aliphatic rings. The Hall–Kier alpha value is -1.28. The fourth-order valence-electron chi connectivity index (χ4n) is 2.92. The van der Waals surface area contributed by atoms with E-state index in [1.54, 1.807) is 0 Å². The molecule has 21 heavy (non-hydrogen) atoms. The lowest BCUT2D eigenvalue weighted by atomic mass is 9.85. The molecule has 1 aromatic heterocycles. The average molecular weight is 287 g/mol. The second kappa shape index (κ2) is 5.84. The topological polar surface area (TPSA) is 25.2 Å². The number of aryl methyl sites for hydroxylation is 1. The number of nitrogens with one attached hydrogen (secondary N) is 1. The molecule has 1 atom stereocenters. The summed E-state index contributed by atoms with van der Waals surface area (Å²) in [6.45, 7) is 16.4. The molecule has 1 N–H and O–H groups in total. The van der Waals surface area contributed by atoms with Crippen molar-refractivity contribution in [2.45, 2.75) is 59.9 Å². The van der Waals surface area contributed by atoms with Crippen molar-refractivity contribution in [2.24, 2.45) is 5.92 Å². The van der Waals surface area contributed by atoms with Gasteiger partial charge in [-0.25, -0.2) is 0 Å². The Bertz CT molecular complexity index is 616. The molecule has 0 amide bonds. The molecule has 0 aliphatic carbocycles. The quantitative estimate of drug-likeness (QED) is 0.820. The Balaban J connectivity index is 2.60. The summed E-state index contributed by atoms with van der Waals surface area (Å²) < 4.78 is 6.29. The first-order valence-corrected chi connectivity index (χ1v) is 8.02. The summed E-state index contributed by atoms with van der Waals surface area (Å²) in [5, 5.41) is 4.76. The van der Waals surface area contributed by atoms with Crippen molar-refractivity contribution >= 4 is 11.0 Å². The smallest absolute Gasteiger partial charge is 0.138 e. The second-order valence-electron chi connectivity index (χ2n) is 7.41. The molecule has 1 heterocycles. The predicted octanol–water partition coefficient (Wildman–Crippen LogP) is 5.35. The third-order valence-corrected chi connectivity index (χ3v) is 3.98. The first kappa shape index (κ1) is 16.1. The van der Waals surface area contributed by atoms with Gasteiger partial charge in [0.25, 0.3) is 0 Å². The molecule has 1 unspecified atom stereocenters. The Morgan fingerprint density at radius 1 is 1.14 bits per heavy atom. The maximum absolute atomic E-state index is 6.29. The van der Waals surface area contributed by atoms with E-state index in [0.29, 0.717) is 5.92 Å². The van der Waals surface area contributed by atoms with E-state index in [1.807, 2.05) is 0 Å². The van der Waals surface area contributed by atoms with Crippen LogP contribution in [0.25, 0.3) is 11.0 Å².